The molecule has 0 saturated heterocycles. The zero-order chi connectivity index (χ0) is 19.8. The highest BCUT2D eigenvalue weighted by molar-refractivity contribution is 7.83. The van der Waals surface area contributed by atoms with E-state index in [2.05, 4.69) is 50.2 Å². The van der Waals surface area contributed by atoms with E-state index in [9.17, 15) is 25.9 Å². The Morgan fingerprint density at radius 2 is 0.750 bits per heavy atom. The van der Waals surface area contributed by atoms with Gasteiger partial charge in [0.2, 0.25) is 20.8 Å². The van der Waals surface area contributed by atoms with E-state index in [4.69, 9.17) is 0 Å². The van der Waals surface area contributed by atoms with Crippen LogP contribution in [0.25, 0.3) is 0 Å². The molecule has 0 saturated carbocycles. The van der Waals surface area contributed by atoms with Crippen LogP contribution in [0.3, 0.4) is 0 Å². The first-order chi connectivity index (χ1) is 10.9. The van der Waals surface area contributed by atoms with Crippen LogP contribution < -0.4 is 9.80 Å². The maximum Gasteiger partial charge on any atom is 0.246 e. The van der Waals surface area contributed by atoms with Crippen molar-refractivity contribution in [2.45, 2.75) is 41.5 Å². The molecule has 24 heavy (non-hydrogen) atoms. The summed E-state index contributed by atoms with van der Waals surface area (Å²) in [5.74, 6) is 0. The van der Waals surface area contributed by atoms with E-state index in [1.54, 1.807) is 9.80 Å². The summed E-state index contributed by atoms with van der Waals surface area (Å²) < 4.78 is 61.5. The van der Waals surface area contributed by atoms with Gasteiger partial charge in [0.05, 0.1) is 39.3 Å². The Hall–Kier alpha value is -0.340. The van der Waals surface area contributed by atoms with Gasteiger partial charge in [0.1, 0.15) is 0 Å². The molecule has 0 aliphatic rings. The Morgan fingerprint density at radius 3 is 0.792 bits per heavy atom. The van der Waals surface area contributed by atoms with Gasteiger partial charge < -0.3 is 18.9 Å². The van der Waals surface area contributed by atoms with Crippen molar-refractivity contribution in [2.75, 3.05) is 39.3 Å². The van der Waals surface area contributed by atoms with E-state index < -0.39 is 20.8 Å². The first-order valence-corrected chi connectivity index (χ1v) is 10.5. The number of quaternary nitrogens is 2. The molecule has 0 unspecified atom stereocenters. The van der Waals surface area contributed by atoms with Gasteiger partial charge in [-0.3, -0.25) is 0 Å². The highest BCUT2D eigenvalue weighted by Gasteiger charge is 1.99. The molecule has 150 valence electrons. The standard InChI is InChI=1S/2C6H15N.H2O8S2/c2*1-4-7(5-2)6-3;1-9(2,3)7-8-10(4,5)6/h2*4-6H2,1-3H3;(H,1,2,3)(H,4,5,6). The molecule has 0 aromatic heterocycles. The molecule has 0 aromatic rings. The minimum absolute atomic E-state index is 1.27. The minimum atomic E-state index is -5.31. The number of rotatable bonds is 9. The smallest absolute Gasteiger partial charge is 0.246 e. The fourth-order valence-corrected chi connectivity index (χ4v) is 2.11. The molecule has 0 heterocycles. The van der Waals surface area contributed by atoms with Crippen molar-refractivity contribution in [3.8, 4) is 0 Å². The third-order valence-electron chi connectivity index (χ3n) is 3.19. The van der Waals surface area contributed by atoms with Crippen molar-refractivity contribution in [3.05, 3.63) is 0 Å². The lowest BCUT2D eigenvalue weighted by Crippen LogP contribution is -3.11. The van der Waals surface area contributed by atoms with Gasteiger partial charge in [-0.1, -0.05) is 0 Å². The maximum absolute atomic E-state index is 9.37. The average Bonchev–Trinajstić information content (AvgIpc) is 2.49. The number of nitrogens with one attached hydrogen (secondary N) is 2. The second-order valence-electron chi connectivity index (χ2n) is 4.57. The van der Waals surface area contributed by atoms with Crippen molar-refractivity contribution in [2.24, 2.45) is 0 Å². The van der Waals surface area contributed by atoms with Gasteiger partial charge in [-0.15, -0.1) is 8.67 Å². The summed E-state index contributed by atoms with van der Waals surface area (Å²) in [6.07, 6.45) is 0. The fraction of sp³-hybridized carbons (Fsp3) is 1.00. The summed E-state index contributed by atoms with van der Waals surface area (Å²) in [7, 11) is -10.6. The maximum atomic E-state index is 9.37. The SMILES string of the molecule is CC[NH+](CC)CC.CC[NH+](CC)CC.O=S(=O)([O-])OOS(=O)(=O)[O-]. The Kier molecular flexibility index (Phi) is 19.1. The fourth-order valence-electron chi connectivity index (χ4n) is 1.57. The highest BCUT2D eigenvalue weighted by Crippen LogP contribution is 1.92. The van der Waals surface area contributed by atoms with Gasteiger partial charge in [-0.2, -0.15) is 0 Å². The molecule has 0 rings (SSSR count). The first-order valence-electron chi connectivity index (χ1n) is 7.86. The predicted molar refractivity (Wildman–Crippen MR) is 86.7 cm³/mol. The summed E-state index contributed by atoms with van der Waals surface area (Å²) in [6.45, 7) is 21.0. The second-order valence-corrected chi connectivity index (χ2v) is 6.48. The van der Waals surface area contributed by atoms with E-state index >= 15 is 0 Å². The van der Waals surface area contributed by atoms with Gasteiger partial charge in [0.25, 0.3) is 0 Å². The van der Waals surface area contributed by atoms with E-state index in [0.29, 0.717) is 0 Å². The third kappa shape index (κ3) is 26.6. The van der Waals surface area contributed by atoms with E-state index in [0.717, 1.165) is 0 Å². The molecule has 0 fully saturated rings. The van der Waals surface area contributed by atoms with Crippen LogP contribution in [-0.4, -0.2) is 65.2 Å². The highest BCUT2D eigenvalue weighted by atomic mass is 32.3. The van der Waals surface area contributed by atoms with Crippen LogP contribution in [0, 0.1) is 0 Å². The lowest BCUT2D eigenvalue weighted by atomic mass is 10.5. The largest absolute Gasteiger partial charge is 0.724 e. The molecule has 0 amide bonds. The van der Waals surface area contributed by atoms with Crippen LogP contribution in [0.1, 0.15) is 41.5 Å². The molecular formula is C12H32N2O8S2. The molecule has 2 N–H and O–H groups in total. The summed E-state index contributed by atoms with van der Waals surface area (Å²) >= 11 is 0. The zero-order valence-electron chi connectivity index (χ0n) is 15.3. The molecule has 0 spiro atoms. The van der Waals surface area contributed by atoms with Crippen LogP contribution in [0.4, 0.5) is 0 Å². The lowest BCUT2D eigenvalue weighted by Gasteiger charge is -2.10. The van der Waals surface area contributed by atoms with Gasteiger partial charge in [0.15, 0.2) is 0 Å². The predicted octanol–water partition coefficient (Wildman–Crippen LogP) is -2.28. The van der Waals surface area contributed by atoms with Gasteiger partial charge in [-0.25, -0.2) is 16.8 Å². The van der Waals surface area contributed by atoms with Gasteiger partial charge in [-0.05, 0) is 41.5 Å². The number of hydrogen-bond acceptors (Lipinski definition) is 8. The molecule has 10 nitrogen and oxygen atoms in total. The monoisotopic (exact) mass is 396 g/mol. The second kappa shape index (κ2) is 16.1. The molecular weight excluding hydrogens is 364 g/mol. The Bertz CT molecular complexity index is 404. The Morgan fingerprint density at radius 1 is 0.583 bits per heavy atom. The van der Waals surface area contributed by atoms with Crippen molar-refractivity contribution in [3.63, 3.8) is 0 Å². The molecule has 0 radical (unpaired) electrons. The summed E-state index contributed by atoms with van der Waals surface area (Å²) in [4.78, 5) is 3.36. The summed E-state index contributed by atoms with van der Waals surface area (Å²) in [5.41, 5.74) is 0. The topological polar surface area (TPSA) is 142 Å². The lowest BCUT2D eigenvalue weighted by molar-refractivity contribution is -0.894. The first kappa shape index (κ1) is 28.5. The van der Waals surface area contributed by atoms with E-state index in [-0.39, 0.29) is 0 Å². The summed E-state index contributed by atoms with van der Waals surface area (Å²) in [5, 5.41) is 0. The molecule has 0 atom stereocenters. The van der Waals surface area contributed by atoms with Gasteiger partial charge in [0, 0.05) is 0 Å². The number of hydrogen-bond donors (Lipinski definition) is 2. The minimum Gasteiger partial charge on any atom is -0.724 e. The van der Waals surface area contributed by atoms with Crippen LogP contribution >= 0.6 is 0 Å². The molecule has 0 bridgehead atoms. The third-order valence-corrected chi connectivity index (χ3v) is 3.75. The van der Waals surface area contributed by atoms with E-state index in [1.807, 2.05) is 0 Å². The zero-order valence-corrected chi connectivity index (χ0v) is 17.0. The van der Waals surface area contributed by atoms with Crippen LogP contribution in [0.15, 0.2) is 0 Å². The average molecular weight is 397 g/mol. The van der Waals surface area contributed by atoms with Crippen LogP contribution in [0.5, 0.6) is 0 Å². The van der Waals surface area contributed by atoms with Crippen LogP contribution in [-0.2, 0) is 29.5 Å². The van der Waals surface area contributed by atoms with Gasteiger partial charge >= 0.3 is 0 Å². The quantitative estimate of drug-likeness (QED) is 0.192. The molecule has 0 aliphatic carbocycles. The van der Waals surface area contributed by atoms with Crippen LogP contribution in [0.2, 0.25) is 0 Å². The summed E-state index contributed by atoms with van der Waals surface area (Å²) in [6, 6.07) is 0. The van der Waals surface area contributed by atoms with Crippen molar-refractivity contribution >= 4 is 20.8 Å². The van der Waals surface area contributed by atoms with Crippen molar-refractivity contribution in [1.82, 2.24) is 0 Å². The van der Waals surface area contributed by atoms with Crippen molar-refractivity contribution < 1.29 is 44.4 Å². The molecule has 0 aromatic carbocycles. The molecule has 12 heteroatoms. The Labute approximate surface area is 146 Å². The van der Waals surface area contributed by atoms with E-state index in [1.165, 1.54) is 39.3 Å². The normalized spacial score (nSPS) is 11.6. The molecule has 0 aliphatic heterocycles. The Balaban J connectivity index is -0.000000283. The van der Waals surface area contributed by atoms with Crippen molar-refractivity contribution in [1.29, 1.82) is 0 Å².